The predicted octanol–water partition coefficient (Wildman–Crippen LogP) is 8.96. The normalized spacial score (nSPS) is 16.2. The highest BCUT2D eigenvalue weighted by Crippen LogP contribution is 2.37. The Labute approximate surface area is 192 Å². The zero-order valence-corrected chi connectivity index (χ0v) is 18.7. The standard InChI is InChI=1S/C30H23ClO/c1-19-6-2-3-7-25(19)23-13-12-21-16-20(10-11-22(21)18-23)17-24-14-15-27(31)30-29(24)26-8-4-5-9-28(26)32-30/h2-5,7-16,18-19H,6,17H2,1H3. The second-order valence-corrected chi connectivity index (χ2v) is 9.18. The SMILES string of the molecule is CC1CC=CC=C1c1ccc2cc(Cc3ccc(Cl)c4oc5ccccc5c34)ccc2c1. The van der Waals surface area contributed by atoms with Gasteiger partial charge in [0.05, 0.1) is 5.02 Å². The van der Waals surface area contributed by atoms with Gasteiger partial charge in [0.1, 0.15) is 5.58 Å². The Hall–Kier alpha value is -3.29. The maximum absolute atomic E-state index is 6.47. The first-order valence-electron chi connectivity index (χ1n) is 11.2. The van der Waals surface area contributed by atoms with Crippen molar-refractivity contribution < 1.29 is 4.42 Å². The van der Waals surface area contributed by atoms with Crippen LogP contribution in [-0.4, -0.2) is 0 Å². The maximum atomic E-state index is 6.47. The van der Waals surface area contributed by atoms with Crippen molar-refractivity contribution in [3.8, 4) is 0 Å². The summed E-state index contributed by atoms with van der Waals surface area (Å²) < 4.78 is 6.07. The quantitative estimate of drug-likeness (QED) is 0.276. The summed E-state index contributed by atoms with van der Waals surface area (Å²) in [7, 11) is 0. The number of para-hydroxylation sites is 1. The van der Waals surface area contributed by atoms with Crippen molar-refractivity contribution in [3.63, 3.8) is 0 Å². The molecule has 0 aliphatic heterocycles. The van der Waals surface area contributed by atoms with E-state index < -0.39 is 0 Å². The molecule has 0 fully saturated rings. The van der Waals surface area contributed by atoms with Gasteiger partial charge in [-0.2, -0.15) is 0 Å². The molecular formula is C30H23ClO. The van der Waals surface area contributed by atoms with E-state index >= 15 is 0 Å². The summed E-state index contributed by atoms with van der Waals surface area (Å²) in [5.74, 6) is 0.564. The van der Waals surface area contributed by atoms with Crippen LogP contribution in [0.1, 0.15) is 30.0 Å². The lowest BCUT2D eigenvalue weighted by Crippen LogP contribution is -2.00. The molecule has 0 N–H and O–H groups in total. The van der Waals surface area contributed by atoms with E-state index in [2.05, 4.69) is 73.7 Å². The average molecular weight is 435 g/mol. The number of hydrogen-bond donors (Lipinski definition) is 0. The van der Waals surface area contributed by atoms with Gasteiger partial charge in [0, 0.05) is 10.8 Å². The number of fused-ring (bicyclic) bond motifs is 4. The highest BCUT2D eigenvalue weighted by molar-refractivity contribution is 6.36. The van der Waals surface area contributed by atoms with Crippen molar-refractivity contribution in [2.75, 3.05) is 0 Å². The summed E-state index contributed by atoms with van der Waals surface area (Å²) in [6, 6.07) is 25.9. The van der Waals surface area contributed by atoms with Gasteiger partial charge in [0.15, 0.2) is 5.58 Å². The summed E-state index contributed by atoms with van der Waals surface area (Å²) in [5, 5.41) is 5.45. The van der Waals surface area contributed by atoms with Crippen LogP contribution in [0.3, 0.4) is 0 Å². The summed E-state index contributed by atoms with van der Waals surface area (Å²) in [4.78, 5) is 0. The molecule has 1 aliphatic rings. The molecule has 4 aromatic carbocycles. The molecule has 1 aliphatic carbocycles. The van der Waals surface area contributed by atoms with Crippen molar-refractivity contribution in [1.29, 1.82) is 0 Å². The first-order valence-corrected chi connectivity index (χ1v) is 11.5. The second-order valence-electron chi connectivity index (χ2n) is 8.77. The molecule has 6 rings (SSSR count). The Kier molecular flexibility index (Phi) is 4.66. The van der Waals surface area contributed by atoms with E-state index in [1.54, 1.807) is 0 Å². The molecule has 1 aromatic heterocycles. The zero-order chi connectivity index (χ0) is 21.7. The number of hydrogen-bond acceptors (Lipinski definition) is 1. The number of allylic oxidation sites excluding steroid dienone is 4. The molecule has 156 valence electrons. The van der Waals surface area contributed by atoms with Gasteiger partial charge in [-0.15, -0.1) is 0 Å². The van der Waals surface area contributed by atoms with E-state index in [0.29, 0.717) is 10.9 Å². The van der Waals surface area contributed by atoms with E-state index in [4.69, 9.17) is 16.0 Å². The smallest absolute Gasteiger partial charge is 0.154 e. The Balaban J connectivity index is 1.40. The van der Waals surface area contributed by atoms with Gasteiger partial charge in [-0.25, -0.2) is 0 Å². The third-order valence-corrected chi connectivity index (χ3v) is 6.93. The van der Waals surface area contributed by atoms with Crippen LogP contribution in [0.15, 0.2) is 95.4 Å². The molecular weight excluding hydrogens is 412 g/mol. The lowest BCUT2D eigenvalue weighted by Gasteiger charge is -2.18. The van der Waals surface area contributed by atoms with Crippen LogP contribution < -0.4 is 0 Å². The molecule has 1 atom stereocenters. The van der Waals surface area contributed by atoms with Gasteiger partial charge in [0.2, 0.25) is 0 Å². The third kappa shape index (κ3) is 3.25. The first-order chi connectivity index (χ1) is 15.7. The van der Waals surface area contributed by atoms with Crippen LogP contribution in [0.2, 0.25) is 5.02 Å². The fourth-order valence-corrected chi connectivity index (χ4v) is 5.14. The number of halogens is 1. The summed E-state index contributed by atoms with van der Waals surface area (Å²) in [5.41, 5.74) is 6.93. The molecule has 1 unspecified atom stereocenters. The molecule has 1 nitrogen and oxygen atoms in total. The predicted molar refractivity (Wildman–Crippen MR) is 136 cm³/mol. The minimum atomic E-state index is 0.564. The van der Waals surface area contributed by atoms with Gasteiger partial charge in [0.25, 0.3) is 0 Å². The van der Waals surface area contributed by atoms with Crippen LogP contribution in [-0.2, 0) is 6.42 Å². The van der Waals surface area contributed by atoms with E-state index in [0.717, 1.165) is 34.8 Å². The number of rotatable bonds is 3. The Bertz CT molecular complexity index is 1550. The van der Waals surface area contributed by atoms with E-state index in [1.165, 1.54) is 33.0 Å². The van der Waals surface area contributed by atoms with Crippen molar-refractivity contribution in [2.45, 2.75) is 19.8 Å². The molecule has 0 saturated heterocycles. The van der Waals surface area contributed by atoms with Crippen molar-refractivity contribution >= 4 is 49.9 Å². The Morgan fingerprint density at radius 3 is 2.69 bits per heavy atom. The van der Waals surface area contributed by atoms with Crippen molar-refractivity contribution in [1.82, 2.24) is 0 Å². The lowest BCUT2D eigenvalue weighted by atomic mass is 9.87. The number of benzene rings is 4. The molecule has 0 bridgehead atoms. The maximum Gasteiger partial charge on any atom is 0.154 e. The number of furan rings is 1. The minimum Gasteiger partial charge on any atom is -0.454 e. The first kappa shape index (κ1) is 19.4. The highest BCUT2D eigenvalue weighted by atomic mass is 35.5. The fraction of sp³-hybridized carbons (Fsp3) is 0.133. The highest BCUT2D eigenvalue weighted by Gasteiger charge is 2.15. The summed E-state index contributed by atoms with van der Waals surface area (Å²) in [6.45, 7) is 2.30. The molecule has 1 heterocycles. The van der Waals surface area contributed by atoms with Gasteiger partial charge in [-0.1, -0.05) is 91.4 Å². The summed E-state index contributed by atoms with van der Waals surface area (Å²) >= 11 is 6.47. The summed E-state index contributed by atoms with van der Waals surface area (Å²) in [6.07, 6.45) is 8.63. The van der Waals surface area contributed by atoms with Crippen LogP contribution in [0, 0.1) is 5.92 Å². The van der Waals surface area contributed by atoms with Crippen molar-refractivity contribution in [2.24, 2.45) is 5.92 Å². The van der Waals surface area contributed by atoms with Gasteiger partial charge in [-0.05, 0) is 70.0 Å². The van der Waals surface area contributed by atoms with Crippen LogP contribution in [0.5, 0.6) is 0 Å². The molecule has 0 spiro atoms. The monoisotopic (exact) mass is 434 g/mol. The Morgan fingerprint density at radius 2 is 1.78 bits per heavy atom. The largest absolute Gasteiger partial charge is 0.454 e. The van der Waals surface area contributed by atoms with Crippen LogP contribution in [0.4, 0.5) is 0 Å². The van der Waals surface area contributed by atoms with Gasteiger partial charge in [-0.3, -0.25) is 0 Å². The van der Waals surface area contributed by atoms with E-state index in [9.17, 15) is 0 Å². The molecule has 32 heavy (non-hydrogen) atoms. The molecule has 0 saturated carbocycles. The van der Waals surface area contributed by atoms with Crippen LogP contribution in [0.25, 0.3) is 38.3 Å². The lowest BCUT2D eigenvalue weighted by molar-refractivity contribution is 0.669. The molecule has 2 heteroatoms. The van der Waals surface area contributed by atoms with Gasteiger partial charge < -0.3 is 4.42 Å². The Morgan fingerprint density at radius 1 is 0.938 bits per heavy atom. The molecule has 0 amide bonds. The second kappa shape index (κ2) is 7.69. The van der Waals surface area contributed by atoms with E-state index in [1.807, 2.05) is 24.3 Å². The van der Waals surface area contributed by atoms with Crippen molar-refractivity contribution in [3.05, 3.63) is 113 Å². The molecule has 5 aromatic rings. The minimum absolute atomic E-state index is 0.564. The topological polar surface area (TPSA) is 13.1 Å². The third-order valence-electron chi connectivity index (χ3n) is 6.63. The fourth-order valence-electron chi connectivity index (χ4n) is 4.94. The van der Waals surface area contributed by atoms with E-state index in [-0.39, 0.29) is 0 Å². The van der Waals surface area contributed by atoms with Crippen LogP contribution >= 0.6 is 11.6 Å². The molecule has 0 radical (unpaired) electrons. The average Bonchev–Trinajstić information content (AvgIpc) is 3.22. The zero-order valence-electron chi connectivity index (χ0n) is 17.9. The van der Waals surface area contributed by atoms with Gasteiger partial charge >= 0.3 is 0 Å².